The lowest BCUT2D eigenvalue weighted by molar-refractivity contribution is 1.12. The Bertz CT molecular complexity index is 1300. The summed E-state index contributed by atoms with van der Waals surface area (Å²) in [6.45, 7) is 0. The van der Waals surface area contributed by atoms with Gasteiger partial charge in [-0.1, -0.05) is 34.1 Å². The van der Waals surface area contributed by atoms with E-state index in [0.717, 1.165) is 43.5 Å². The van der Waals surface area contributed by atoms with Gasteiger partial charge >= 0.3 is 0 Å². The van der Waals surface area contributed by atoms with Crippen molar-refractivity contribution in [1.29, 1.82) is 0 Å². The molecule has 0 atom stereocenters. The predicted molar refractivity (Wildman–Crippen MR) is 116 cm³/mol. The van der Waals surface area contributed by atoms with Crippen LogP contribution in [0.25, 0.3) is 21.8 Å². The van der Waals surface area contributed by atoms with Gasteiger partial charge in [-0.3, -0.25) is 5.10 Å². The second-order valence-corrected chi connectivity index (χ2v) is 7.26. The molecular weight excluding hydrogens is 416 g/mol. The Balaban J connectivity index is 1.56. The van der Waals surface area contributed by atoms with E-state index in [1.807, 2.05) is 66.7 Å². The molecule has 3 aromatic carbocycles. The molecule has 0 amide bonds. The molecule has 0 unspecified atom stereocenters. The number of aromatic nitrogens is 4. The normalized spacial score (nSPS) is 11.0. The molecule has 3 N–H and O–H groups in total. The molecule has 0 radical (unpaired) electrons. The van der Waals surface area contributed by atoms with Crippen LogP contribution in [0.15, 0.2) is 77.4 Å². The fourth-order valence-electron chi connectivity index (χ4n) is 3.08. The van der Waals surface area contributed by atoms with Crippen LogP contribution >= 0.6 is 15.9 Å². The number of benzene rings is 3. The summed E-state index contributed by atoms with van der Waals surface area (Å²) < 4.78 is 0.991. The third-order valence-electron chi connectivity index (χ3n) is 4.39. The molecule has 0 aliphatic carbocycles. The zero-order chi connectivity index (χ0) is 18.9. The third kappa shape index (κ3) is 3.27. The number of rotatable bonds is 4. The number of anilines is 4. The molecule has 2 heterocycles. The molecule has 6 nitrogen and oxygen atoms in total. The molecule has 0 bridgehead atoms. The molecule has 0 fully saturated rings. The van der Waals surface area contributed by atoms with Gasteiger partial charge in [0.15, 0.2) is 0 Å². The SMILES string of the molecule is Brc1cccc(Nc2nc(Nc3ccc4[nH]ncc4c3)c3ccccc3n2)c1. The van der Waals surface area contributed by atoms with Gasteiger partial charge in [-0.2, -0.15) is 10.1 Å². The number of para-hydroxylation sites is 1. The molecule has 0 aliphatic rings. The Hall–Kier alpha value is -3.45. The topological polar surface area (TPSA) is 78.5 Å². The summed E-state index contributed by atoms with van der Waals surface area (Å²) in [5, 5.41) is 15.7. The number of hydrogen-bond donors (Lipinski definition) is 3. The van der Waals surface area contributed by atoms with Gasteiger partial charge in [0.2, 0.25) is 5.95 Å². The predicted octanol–water partition coefficient (Wildman–Crippen LogP) is 5.76. The van der Waals surface area contributed by atoms with Crippen LogP contribution in [0.2, 0.25) is 0 Å². The van der Waals surface area contributed by atoms with E-state index in [4.69, 9.17) is 4.98 Å². The highest BCUT2D eigenvalue weighted by Gasteiger charge is 2.09. The molecule has 5 aromatic rings. The highest BCUT2D eigenvalue weighted by molar-refractivity contribution is 9.10. The van der Waals surface area contributed by atoms with Crippen molar-refractivity contribution in [2.45, 2.75) is 0 Å². The molecule has 28 heavy (non-hydrogen) atoms. The smallest absolute Gasteiger partial charge is 0.229 e. The van der Waals surface area contributed by atoms with E-state index in [2.05, 4.69) is 41.7 Å². The molecule has 7 heteroatoms. The maximum Gasteiger partial charge on any atom is 0.229 e. The number of nitrogens with one attached hydrogen (secondary N) is 3. The first-order chi connectivity index (χ1) is 13.7. The Morgan fingerprint density at radius 2 is 1.71 bits per heavy atom. The van der Waals surface area contributed by atoms with Crippen LogP contribution in [0, 0.1) is 0 Å². The average molecular weight is 431 g/mol. The first kappa shape index (κ1) is 16.7. The van der Waals surface area contributed by atoms with E-state index in [0.29, 0.717) is 5.95 Å². The lowest BCUT2D eigenvalue weighted by Crippen LogP contribution is -2.02. The molecule has 0 aliphatic heterocycles. The summed E-state index contributed by atoms with van der Waals surface area (Å²) in [5.74, 6) is 1.27. The Morgan fingerprint density at radius 1 is 0.821 bits per heavy atom. The van der Waals surface area contributed by atoms with E-state index in [1.165, 1.54) is 0 Å². The minimum absolute atomic E-state index is 0.531. The van der Waals surface area contributed by atoms with Crippen LogP contribution in [0.5, 0.6) is 0 Å². The number of hydrogen-bond acceptors (Lipinski definition) is 5. The second kappa shape index (κ2) is 6.94. The van der Waals surface area contributed by atoms with E-state index >= 15 is 0 Å². The third-order valence-corrected chi connectivity index (χ3v) is 4.88. The van der Waals surface area contributed by atoms with Gasteiger partial charge in [-0.05, 0) is 48.5 Å². The highest BCUT2D eigenvalue weighted by atomic mass is 79.9. The first-order valence-corrected chi connectivity index (χ1v) is 9.53. The first-order valence-electron chi connectivity index (χ1n) is 8.74. The van der Waals surface area contributed by atoms with Crippen LogP contribution < -0.4 is 10.6 Å². The van der Waals surface area contributed by atoms with E-state index in [9.17, 15) is 0 Å². The highest BCUT2D eigenvalue weighted by Crippen LogP contribution is 2.28. The molecule has 0 saturated carbocycles. The summed E-state index contributed by atoms with van der Waals surface area (Å²) in [7, 11) is 0. The Morgan fingerprint density at radius 3 is 2.64 bits per heavy atom. The van der Waals surface area contributed by atoms with Crippen LogP contribution in [0.4, 0.5) is 23.1 Å². The largest absolute Gasteiger partial charge is 0.340 e. The Labute approximate surface area is 169 Å². The van der Waals surface area contributed by atoms with E-state index in [-0.39, 0.29) is 0 Å². The standard InChI is InChI=1S/C21H15BrN6/c22-14-4-3-5-15(11-14)25-21-26-19-7-2-1-6-17(19)20(27-21)24-16-8-9-18-13(10-16)12-23-28-18/h1-12H,(H,23,28)(H2,24,25,26,27). The van der Waals surface area contributed by atoms with Gasteiger partial charge in [-0.25, -0.2) is 4.98 Å². The molecule has 5 rings (SSSR count). The quantitative estimate of drug-likeness (QED) is 0.338. The lowest BCUT2D eigenvalue weighted by atomic mass is 10.2. The molecule has 0 spiro atoms. The zero-order valence-electron chi connectivity index (χ0n) is 14.6. The van der Waals surface area contributed by atoms with Crippen molar-refractivity contribution in [3.63, 3.8) is 0 Å². The second-order valence-electron chi connectivity index (χ2n) is 6.35. The van der Waals surface area contributed by atoms with Gasteiger partial charge in [0.1, 0.15) is 5.82 Å². The fraction of sp³-hybridized carbons (Fsp3) is 0. The summed E-state index contributed by atoms with van der Waals surface area (Å²) in [6, 6.07) is 21.9. The maximum absolute atomic E-state index is 4.72. The number of halogens is 1. The van der Waals surface area contributed by atoms with Crippen LogP contribution in [-0.2, 0) is 0 Å². The van der Waals surface area contributed by atoms with Gasteiger partial charge in [0.25, 0.3) is 0 Å². The van der Waals surface area contributed by atoms with Crippen LogP contribution in [0.3, 0.4) is 0 Å². The summed E-state index contributed by atoms with van der Waals surface area (Å²) in [6.07, 6.45) is 1.80. The zero-order valence-corrected chi connectivity index (χ0v) is 16.2. The monoisotopic (exact) mass is 430 g/mol. The van der Waals surface area contributed by atoms with Crippen molar-refractivity contribution in [2.75, 3.05) is 10.6 Å². The number of H-pyrrole nitrogens is 1. The van der Waals surface area contributed by atoms with Gasteiger partial charge in [-0.15, -0.1) is 0 Å². The maximum atomic E-state index is 4.72. The van der Waals surface area contributed by atoms with Crippen molar-refractivity contribution >= 4 is 60.9 Å². The number of aromatic amines is 1. The van der Waals surface area contributed by atoms with Crippen molar-refractivity contribution < 1.29 is 0 Å². The fourth-order valence-corrected chi connectivity index (χ4v) is 3.48. The molecular formula is C21H15BrN6. The molecule has 0 saturated heterocycles. The summed E-state index contributed by atoms with van der Waals surface area (Å²) in [4.78, 5) is 9.37. The Kier molecular flexibility index (Phi) is 4.14. The van der Waals surface area contributed by atoms with Crippen molar-refractivity contribution in [3.05, 3.63) is 77.4 Å². The average Bonchev–Trinajstić information content (AvgIpc) is 3.16. The van der Waals surface area contributed by atoms with Crippen molar-refractivity contribution in [2.24, 2.45) is 0 Å². The van der Waals surface area contributed by atoms with E-state index in [1.54, 1.807) is 6.20 Å². The van der Waals surface area contributed by atoms with E-state index < -0.39 is 0 Å². The van der Waals surface area contributed by atoms with Gasteiger partial charge < -0.3 is 10.6 Å². The minimum Gasteiger partial charge on any atom is -0.340 e. The lowest BCUT2D eigenvalue weighted by Gasteiger charge is -2.12. The van der Waals surface area contributed by atoms with Crippen molar-refractivity contribution in [3.8, 4) is 0 Å². The van der Waals surface area contributed by atoms with Gasteiger partial charge in [0.05, 0.1) is 17.2 Å². The van der Waals surface area contributed by atoms with Crippen LogP contribution in [-0.4, -0.2) is 20.2 Å². The molecule has 2 aromatic heterocycles. The number of nitrogens with zero attached hydrogens (tertiary/aromatic N) is 3. The minimum atomic E-state index is 0.531. The van der Waals surface area contributed by atoms with Crippen LogP contribution in [0.1, 0.15) is 0 Å². The number of fused-ring (bicyclic) bond motifs is 2. The molecule has 136 valence electrons. The summed E-state index contributed by atoms with van der Waals surface area (Å²) in [5.41, 5.74) is 3.71. The van der Waals surface area contributed by atoms with Crippen molar-refractivity contribution in [1.82, 2.24) is 20.2 Å². The van der Waals surface area contributed by atoms with Gasteiger partial charge in [0, 0.05) is 26.6 Å². The summed E-state index contributed by atoms with van der Waals surface area (Å²) >= 11 is 3.49.